The molecule has 0 saturated heterocycles. The molecule has 4 rings (SSSR count). The lowest BCUT2D eigenvalue weighted by molar-refractivity contribution is 0.0697. The molecule has 1 aromatic heterocycles. The van der Waals surface area contributed by atoms with Gasteiger partial charge in [-0.3, -0.25) is 4.98 Å². The Morgan fingerprint density at radius 1 is 0.882 bits per heavy atom. The van der Waals surface area contributed by atoms with Crippen LogP contribution in [0.5, 0.6) is 0 Å². The van der Waals surface area contributed by atoms with E-state index in [4.69, 9.17) is 0 Å². The van der Waals surface area contributed by atoms with Crippen LogP contribution in [0, 0.1) is 13.8 Å². The SMILES string of the molecule is Cc1cc(/C(CC(c2cccc(-c3ccc(C(=O)O)cc3)c2)c2ccccc2C)=N\O)ccn1. The fourth-order valence-corrected chi connectivity index (χ4v) is 4.26. The minimum atomic E-state index is -0.943. The second kappa shape index (κ2) is 10.1. The minimum absolute atomic E-state index is 0.0428. The predicted molar refractivity (Wildman–Crippen MR) is 134 cm³/mol. The van der Waals surface area contributed by atoms with E-state index in [0.717, 1.165) is 39.1 Å². The summed E-state index contributed by atoms with van der Waals surface area (Å²) >= 11 is 0. The number of carboxylic acids is 1. The van der Waals surface area contributed by atoms with E-state index < -0.39 is 5.97 Å². The molecule has 0 bridgehead atoms. The summed E-state index contributed by atoms with van der Waals surface area (Å²) in [6.45, 7) is 4.00. The highest BCUT2D eigenvalue weighted by Gasteiger charge is 2.21. The Morgan fingerprint density at radius 3 is 2.32 bits per heavy atom. The van der Waals surface area contributed by atoms with Crippen molar-refractivity contribution in [1.29, 1.82) is 0 Å². The molecule has 1 atom stereocenters. The second-order valence-electron chi connectivity index (χ2n) is 8.35. The van der Waals surface area contributed by atoms with E-state index >= 15 is 0 Å². The fraction of sp³-hybridized carbons (Fsp3) is 0.138. The highest BCUT2D eigenvalue weighted by atomic mass is 16.4. The van der Waals surface area contributed by atoms with Crippen molar-refractivity contribution < 1.29 is 15.1 Å². The topological polar surface area (TPSA) is 82.8 Å². The Kier molecular flexibility index (Phi) is 6.83. The van der Waals surface area contributed by atoms with Gasteiger partial charge >= 0.3 is 5.97 Å². The number of nitrogens with zero attached hydrogens (tertiary/aromatic N) is 2. The fourth-order valence-electron chi connectivity index (χ4n) is 4.26. The molecule has 3 aromatic carbocycles. The van der Waals surface area contributed by atoms with Crippen LogP contribution in [0.3, 0.4) is 0 Å². The zero-order chi connectivity index (χ0) is 24.1. The number of benzene rings is 3. The molecule has 0 fully saturated rings. The van der Waals surface area contributed by atoms with Crippen molar-refractivity contribution in [2.75, 3.05) is 0 Å². The quantitative estimate of drug-likeness (QED) is 0.192. The van der Waals surface area contributed by atoms with Crippen molar-refractivity contribution >= 4 is 11.7 Å². The summed E-state index contributed by atoms with van der Waals surface area (Å²) in [5, 5.41) is 22.8. The summed E-state index contributed by atoms with van der Waals surface area (Å²) < 4.78 is 0. The molecule has 0 saturated carbocycles. The molecule has 0 aliphatic heterocycles. The highest BCUT2D eigenvalue weighted by molar-refractivity contribution is 6.01. The smallest absolute Gasteiger partial charge is 0.335 e. The van der Waals surface area contributed by atoms with Crippen molar-refractivity contribution in [3.05, 3.63) is 125 Å². The number of aromatic nitrogens is 1. The monoisotopic (exact) mass is 450 g/mol. The number of oxime groups is 1. The average molecular weight is 451 g/mol. The van der Waals surface area contributed by atoms with Gasteiger partial charge in [0.1, 0.15) is 0 Å². The van der Waals surface area contributed by atoms with E-state index in [-0.39, 0.29) is 11.5 Å². The molecule has 0 aliphatic carbocycles. The van der Waals surface area contributed by atoms with Crippen LogP contribution in [0.4, 0.5) is 0 Å². The number of aromatic carboxylic acids is 1. The number of carbonyl (C=O) groups is 1. The first-order chi connectivity index (χ1) is 16.5. The van der Waals surface area contributed by atoms with E-state index in [0.29, 0.717) is 12.1 Å². The van der Waals surface area contributed by atoms with Crippen LogP contribution in [0.25, 0.3) is 11.1 Å². The van der Waals surface area contributed by atoms with Gasteiger partial charge in [-0.25, -0.2) is 4.79 Å². The normalized spacial score (nSPS) is 12.4. The molecule has 34 heavy (non-hydrogen) atoms. The standard InChI is InChI=1S/C29H26N2O3/c1-19-6-3-4-9-26(19)27(18-28(31-34)25-14-15-30-20(2)16-25)24-8-5-7-23(17-24)21-10-12-22(13-11-21)29(32)33/h3-17,27,34H,18H2,1-2H3,(H,32,33)/b31-28-. The first-order valence-corrected chi connectivity index (χ1v) is 11.1. The van der Waals surface area contributed by atoms with Crippen LogP contribution < -0.4 is 0 Å². The number of rotatable bonds is 7. The largest absolute Gasteiger partial charge is 0.478 e. The summed E-state index contributed by atoms with van der Waals surface area (Å²) in [6.07, 6.45) is 2.23. The zero-order valence-corrected chi connectivity index (χ0v) is 19.1. The van der Waals surface area contributed by atoms with Gasteiger partial charge in [-0.2, -0.15) is 0 Å². The molecule has 0 amide bonds. The van der Waals surface area contributed by atoms with Gasteiger partial charge in [-0.1, -0.05) is 65.8 Å². The van der Waals surface area contributed by atoms with Gasteiger partial charge in [0.15, 0.2) is 0 Å². The van der Waals surface area contributed by atoms with Crippen molar-refractivity contribution in [1.82, 2.24) is 4.98 Å². The molecule has 0 radical (unpaired) electrons. The molecule has 5 nitrogen and oxygen atoms in total. The van der Waals surface area contributed by atoms with Gasteiger partial charge in [0.25, 0.3) is 0 Å². The lowest BCUT2D eigenvalue weighted by Gasteiger charge is -2.22. The van der Waals surface area contributed by atoms with Crippen LogP contribution >= 0.6 is 0 Å². The van der Waals surface area contributed by atoms with E-state index in [1.807, 2.05) is 55.5 Å². The Balaban J connectivity index is 1.76. The number of hydrogen-bond acceptors (Lipinski definition) is 4. The molecule has 1 unspecified atom stereocenters. The predicted octanol–water partition coefficient (Wildman–Crippen LogP) is 6.46. The van der Waals surface area contributed by atoms with E-state index in [9.17, 15) is 15.1 Å². The van der Waals surface area contributed by atoms with Crippen LogP contribution in [-0.4, -0.2) is 27.0 Å². The summed E-state index contributed by atoms with van der Waals surface area (Å²) in [6, 6.07) is 27.1. The summed E-state index contributed by atoms with van der Waals surface area (Å²) in [5.41, 5.74) is 7.89. The Labute approximate surface area is 199 Å². The van der Waals surface area contributed by atoms with Gasteiger partial charge in [0, 0.05) is 29.8 Å². The van der Waals surface area contributed by atoms with Gasteiger partial charge in [-0.05, 0) is 65.9 Å². The van der Waals surface area contributed by atoms with Crippen molar-refractivity contribution in [2.24, 2.45) is 5.16 Å². The van der Waals surface area contributed by atoms with Crippen LogP contribution in [0.1, 0.15) is 50.6 Å². The Hall–Kier alpha value is -4.25. The second-order valence-corrected chi connectivity index (χ2v) is 8.35. The molecule has 1 heterocycles. The molecule has 2 N–H and O–H groups in total. The first-order valence-electron chi connectivity index (χ1n) is 11.1. The molecular formula is C29H26N2O3. The number of pyridine rings is 1. The first kappa shape index (κ1) is 22.9. The lowest BCUT2D eigenvalue weighted by atomic mass is 9.82. The van der Waals surface area contributed by atoms with Crippen molar-refractivity contribution in [3.8, 4) is 11.1 Å². The average Bonchev–Trinajstić information content (AvgIpc) is 2.85. The van der Waals surface area contributed by atoms with E-state index in [2.05, 4.69) is 41.3 Å². The third kappa shape index (κ3) is 5.04. The maximum absolute atomic E-state index is 11.2. The Bertz CT molecular complexity index is 1340. The molecule has 4 aromatic rings. The van der Waals surface area contributed by atoms with Gasteiger partial charge in [-0.15, -0.1) is 0 Å². The third-order valence-corrected chi connectivity index (χ3v) is 6.07. The number of hydrogen-bond donors (Lipinski definition) is 2. The van der Waals surface area contributed by atoms with E-state index in [1.54, 1.807) is 18.3 Å². The van der Waals surface area contributed by atoms with Crippen LogP contribution in [-0.2, 0) is 0 Å². The molecule has 170 valence electrons. The number of aryl methyl sites for hydroxylation is 2. The minimum Gasteiger partial charge on any atom is -0.478 e. The number of carboxylic acid groups (broad SMARTS) is 1. The van der Waals surface area contributed by atoms with E-state index in [1.165, 1.54) is 0 Å². The maximum Gasteiger partial charge on any atom is 0.335 e. The third-order valence-electron chi connectivity index (χ3n) is 6.07. The van der Waals surface area contributed by atoms with Gasteiger partial charge in [0.05, 0.1) is 11.3 Å². The Morgan fingerprint density at radius 2 is 1.65 bits per heavy atom. The molecule has 0 aliphatic rings. The van der Waals surface area contributed by atoms with Crippen molar-refractivity contribution in [3.63, 3.8) is 0 Å². The summed E-state index contributed by atoms with van der Waals surface area (Å²) in [5.74, 6) is -0.985. The van der Waals surface area contributed by atoms with Crippen molar-refractivity contribution in [2.45, 2.75) is 26.2 Å². The lowest BCUT2D eigenvalue weighted by Crippen LogP contribution is -2.12. The molecular weight excluding hydrogens is 424 g/mol. The zero-order valence-electron chi connectivity index (χ0n) is 19.1. The summed E-state index contributed by atoms with van der Waals surface area (Å²) in [7, 11) is 0. The van der Waals surface area contributed by atoms with Crippen LogP contribution in [0.15, 0.2) is 96.3 Å². The maximum atomic E-state index is 11.2. The van der Waals surface area contributed by atoms with Gasteiger partial charge < -0.3 is 10.3 Å². The van der Waals surface area contributed by atoms with Crippen LogP contribution in [0.2, 0.25) is 0 Å². The van der Waals surface area contributed by atoms with Gasteiger partial charge in [0.2, 0.25) is 0 Å². The highest BCUT2D eigenvalue weighted by Crippen LogP contribution is 2.34. The molecule has 5 heteroatoms. The summed E-state index contributed by atoms with van der Waals surface area (Å²) in [4.78, 5) is 15.5. The molecule has 0 spiro atoms.